The van der Waals surface area contributed by atoms with Gasteiger partial charge in [0.1, 0.15) is 5.65 Å². The molecule has 1 N–H and O–H groups in total. The highest BCUT2D eigenvalue weighted by Gasteiger charge is 2.14. The summed E-state index contributed by atoms with van der Waals surface area (Å²) in [7, 11) is 0. The van der Waals surface area contributed by atoms with Crippen LogP contribution in [-0.2, 0) is 11.2 Å². The van der Waals surface area contributed by atoms with Crippen molar-refractivity contribution in [2.45, 2.75) is 27.2 Å². The first-order valence-corrected chi connectivity index (χ1v) is 6.30. The number of carbonyl (C=O) groups is 1. The predicted molar refractivity (Wildman–Crippen MR) is 70.3 cm³/mol. The molecule has 0 radical (unpaired) electrons. The maximum atomic E-state index is 11.6. The minimum absolute atomic E-state index is 0.196. The zero-order chi connectivity index (χ0) is 14.0. The first-order valence-electron chi connectivity index (χ1n) is 6.30. The van der Waals surface area contributed by atoms with Crippen molar-refractivity contribution in [3.8, 4) is 0 Å². The van der Waals surface area contributed by atoms with Gasteiger partial charge < -0.3 is 9.72 Å². The Kier molecular flexibility index (Phi) is 3.69. The van der Waals surface area contributed by atoms with E-state index in [4.69, 9.17) is 4.74 Å². The highest BCUT2D eigenvalue weighted by Crippen LogP contribution is 2.10. The molecule has 19 heavy (non-hydrogen) atoms. The van der Waals surface area contributed by atoms with E-state index in [0.29, 0.717) is 24.6 Å². The number of aromatic amines is 1. The molecule has 0 aliphatic heterocycles. The van der Waals surface area contributed by atoms with Crippen LogP contribution in [0.15, 0.2) is 16.9 Å². The molecule has 2 aromatic heterocycles. The lowest BCUT2D eigenvalue weighted by Crippen LogP contribution is -2.13. The molecule has 0 fully saturated rings. The summed E-state index contributed by atoms with van der Waals surface area (Å²) in [5.41, 5.74) is 1.29. The summed E-state index contributed by atoms with van der Waals surface area (Å²) in [6, 6.07) is 3.04. The molecule has 0 spiro atoms. The molecule has 2 rings (SSSR count). The molecular weight excluding hydrogens is 246 g/mol. The minimum Gasteiger partial charge on any atom is -0.461 e. The topological polar surface area (TPSA) is 76.5 Å². The number of aromatic nitrogens is 3. The van der Waals surface area contributed by atoms with Gasteiger partial charge in [-0.3, -0.25) is 4.79 Å². The number of nitrogens with one attached hydrogen (secondary N) is 1. The van der Waals surface area contributed by atoms with Crippen LogP contribution in [0.3, 0.4) is 0 Å². The number of fused-ring (bicyclic) bond motifs is 1. The van der Waals surface area contributed by atoms with Gasteiger partial charge in [0.2, 0.25) is 0 Å². The van der Waals surface area contributed by atoms with Gasteiger partial charge in [-0.15, -0.1) is 0 Å². The zero-order valence-corrected chi connectivity index (χ0v) is 11.3. The standard InChI is InChI=1S/C13H17N3O3/c1-4-19-13(18)10-7-11-14-12(17)6-9(5-8(2)3)16(11)15-10/h6-8H,4-5H2,1-3H3,(H,14,17). The third-order valence-electron chi connectivity index (χ3n) is 2.63. The Balaban J connectivity index is 2.51. The van der Waals surface area contributed by atoms with Gasteiger partial charge in [0.25, 0.3) is 5.56 Å². The second kappa shape index (κ2) is 5.26. The second-order valence-electron chi connectivity index (χ2n) is 4.77. The van der Waals surface area contributed by atoms with Crippen LogP contribution in [0.5, 0.6) is 0 Å². The van der Waals surface area contributed by atoms with E-state index < -0.39 is 5.97 Å². The number of esters is 1. The van der Waals surface area contributed by atoms with Crippen LogP contribution in [0.2, 0.25) is 0 Å². The lowest BCUT2D eigenvalue weighted by molar-refractivity contribution is 0.0519. The van der Waals surface area contributed by atoms with Crippen LogP contribution >= 0.6 is 0 Å². The smallest absolute Gasteiger partial charge is 0.358 e. The second-order valence-corrected chi connectivity index (χ2v) is 4.77. The molecule has 0 amide bonds. The molecular formula is C13H17N3O3. The largest absolute Gasteiger partial charge is 0.461 e. The Morgan fingerprint density at radius 1 is 1.47 bits per heavy atom. The van der Waals surface area contributed by atoms with Crippen molar-refractivity contribution in [3.63, 3.8) is 0 Å². The van der Waals surface area contributed by atoms with Gasteiger partial charge >= 0.3 is 5.97 Å². The lowest BCUT2D eigenvalue weighted by Gasteiger charge is -2.06. The van der Waals surface area contributed by atoms with Crippen LogP contribution in [0.25, 0.3) is 5.65 Å². The third kappa shape index (κ3) is 2.83. The van der Waals surface area contributed by atoms with Crippen LogP contribution in [0.4, 0.5) is 0 Å². The summed E-state index contributed by atoms with van der Waals surface area (Å²) in [4.78, 5) is 25.9. The first-order chi connectivity index (χ1) is 9.01. The SMILES string of the molecule is CCOC(=O)c1cc2[nH]c(=O)cc(CC(C)C)n2n1. The zero-order valence-electron chi connectivity index (χ0n) is 11.3. The number of rotatable bonds is 4. The van der Waals surface area contributed by atoms with E-state index in [-0.39, 0.29) is 11.3 Å². The highest BCUT2D eigenvalue weighted by molar-refractivity contribution is 5.88. The monoisotopic (exact) mass is 263 g/mol. The van der Waals surface area contributed by atoms with E-state index in [9.17, 15) is 9.59 Å². The Hall–Kier alpha value is -2.11. The molecule has 0 aliphatic rings. The van der Waals surface area contributed by atoms with Gasteiger partial charge in [0, 0.05) is 12.1 Å². The maximum absolute atomic E-state index is 11.6. The molecule has 0 aliphatic carbocycles. The average molecular weight is 263 g/mol. The number of nitrogens with zero attached hydrogens (tertiary/aromatic N) is 2. The van der Waals surface area contributed by atoms with E-state index in [0.717, 1.165) is 5.69 Å². The van der Waals surface area contributed by atoms with Gasteiger partial charge in [-0.05, 0) is 19.3 Å². The van der Waals surface area contributed by atoms with E-state index in [1.165, 1.54) is 12.1 Å². The fourth-order valence-corrected chi connectivity index (χ4v) is 1.93. The summed E-state index contributed by atoms with van der Waals surface area (Å²) >= 11 is 0. The molecule has 0 atom stereocenters. The molecule has 2 aromatic rings. The van der Waals surface area contributed by atoms with Gasteiger partial charge in [-0.25, -0.2) is 9.31 Å². The minimum atomic E-state index is -0.484. The van der Waals surface area contributed by atoms with E-state index >= 15 is 0 Å². The van der Waals surface area contributed by atoms with Crippen molar-refractivity contribution < 1.29 is 9.53 Å². The quantitative estimate of drug-likeness (QED) is 0.846. The van der Waals surface area contributed by atoms with Crippen LogP contribution in [0.1, 0.15) is 37.0 Å². The lowest BCUT2D eigenvalue weighted by atomic mass is 10.1. The summed E-state index contributed by atoms with van der Waals surface area (Å²) in [6.07, 6.45) is 0.713. The van der Waals surface area contributed by atoms with Gasteiger partial charge in [-0.1, -0.05) is 13.8 Å². The molecule has 0 aromatic carbocycles. The molecule has 0 bridgehead atoms. The van der Waals surface area contributed by atoms with E-state index in [1.54, 1.807) is 11.4 Å². The summed E-state index contributed by atoms with van der Waals surface area (Å²) < 4.78 is 6.49. The average Bonchev–Trinajstić information content (AvgIpc) is 2.72. The van der Waals surface area contributed by atoms with Crippen LogP contribution in [0, 0.1) is 5.92 Å². The Morgan fingerprint density at radius 3 is 2.84 bits per heavy atom. The molecule has 6 heteroatoms. The molecule has 102 valence electrons. The Morgan fingerprint density at radius 2 is 2.21 bits per heavy atom. The van der Waals surface area contributed by atoms with Crippen molar-refractivity contribution >= 4 is 11.6 Å². The number of hydrogen-bond acceptors (Lipinski definition) is 4. The third-order valence-corrected chi connectivity index (χ3v) is 2.63. The number of ether oxygens (including phenoxy) is 1. The number of carbonyl (C=O) groups excluding carboxylic acids is 1. The number of H-pyrrole nitrogens is 1. The molecule has 6 nitrogen and oxygen atoms in total. The van der Waals surface area contributed by atoms with Gasteiger partial charge in [-0.2, -0.15) is 5.10 Å². The molecule has 2 heterocycles. The van der Waals surface area contributed by atoms with Gasteiger partial charge in [0.05, 0.1) is 12.3 Å². The molecule has 0 saturated heterocycles. The van der Waals surface area contributed by atoms with Crippen molar-refractivity contribution in [2.75, 3.05) is 6.61 Å². The van der Waals surface area contributed by atoms with E-state index in [1.807, 2.05) is 0 Å². The Labute approximate surface area is 110 Å². The fourth-order valence-electron chi connectivity index (χ4n) is 1.93. The highest BCUT2D eigenvalue weighted by atomic mass is 16.5. The van der Waals surface area contributed by atoms with Crippen molar-refractivity contribution in [1.29, 1.82) is 0 Å². The van der Waals surface area contributed by atoms with Crippen molar-refractivity contribution in [2.24, 2.45) is 5.92 Å². The number of hydrogen-bond donors (Lipinski definition) is 1. The molecule has 0 saturated carbocycles. The predicted octanol–water partition coefficient (Wildman–Crippen LogP) is 1.40. The summed E-state index contributed by atoms with van der Waals surface area (Å²) in [6.45, 7) is 6.15. The fraction of sp³-hybridized carbons (Fsp3) is 0.462. The van der Waals surface area contributed by atoms with Crippen molar-refractivity contribution in [3.05, 3.63) is 33.9 Å². The van der Waals surface area contributed by atoms with Crippen LogP contribution < -0.4 is 5.56 Å². The normalized spacial score (nSPS) is 11.2. The van der Waals surface area contributed by atoms with Crippen molar-refractivity contribution in [1.82, 2.24) is 14.6 Å². The summed E-state index contributed by atoms with van der Waals surface area (Å²) in [5.74, 6) is -0.0946. The Bertz CT molecular complexity index is 655. The van der Waals surface area contributed by atoms with E-state index in [2.05, 4.69) is 23.9 Å². The van der Waals surface area contributed by atoms with Crippen LogP contribution in [-0.4, -0.2) is 27.2 Å². The maximum Gasteiger partial charge on any atom is 0.358 e. The van der Waals surface area contributed by atoms with Gasteiger partial charge in [0.15, 0.2) is 5.69 Å². The summed E-state index contributed by atoms with van der Waals surface area (Å²) in [5, 5.41) is 4.20. The molecule has 0 unspecified atom stereocenters. The first kappa shape index (κ1) is 13.3.